The standard InChI is InChI=1S/C6H4N3O2.BF4/c7-8-5-1-3-6(4-2-5)9(10)11;2-1(3,4)5/h1-4H;/q+1;-1/p+1. The maximum Gasteiger partial charge on any atom is 1.00 e. The van der Waals surface area contributed by atoms with Gasteiger partial charge in [-0.05, 0) is 0 Å². The number of hydrogen-bond acceptors (Lipinski definition) is 3. The number of nitro groups is 1. The molecule has 1 aromatic carbocycles. The summed E-state index contributed by atoms with van der Waals surface area (Å²) in [5.74, 6) is 0. The summed E-state index contributed by atoms with van der Waals surface area (Å²) in [6, 6.07) is 5.26. The molecule has 0 aliphatic carbocycles. The molecule has 0 N–H and O–H groups in total. The van der Waals surface area contributed by atoms with Crippen LogP contribution in [-0.4, -0.2) is 12.2 Å². The van der Waals surface area contributed by atoms with Crippen LogP contribution in [-0.2, 0) is 0 Å². The fourth-order valence-electron chi connectivity index (χ4n) is 0.641. The van der Waals surface area contributed by atoms with Gasteiger partial charge in [0.1, 0.15) is 0 Å². The van der Waals surface area contributed by atoms with E-state index >= 15 is 0 Å². The summed E-state index contributed by atoms with van der Waals surface area (Å²) in [6.45, 7) is 0. The minimum atomic E-state index is -6.00. The molecule has 10 heteroatoms. The first kappa shape index (κ1) is 13.8. The van der Waals surface area contributed by atoms with Gasteiger partial charge in [0.05, 0.1) is 4.92 Å². The zero-order valence-corrected chi connectivity index (χ0v) is 7.56. The van der Waals surface area contributed by atoms with Crippen LogP contribution in [0.3, 0.4) is 0 Å². The van der Waals surface area contributed by atoms with E-state index < -0.39 is 12.2 Å². The molecule has 0 bridgehead atoms. The molecule has 0 radical (unpaired) electrons. The summed E-state index contributed by atoms with van der Waals surface area (Å²) in [4.78, 5) is 12.4. The van der Waals surface area contributed by atoms with Crippen molar-refractivity contribution in [2.75, 3.05) is 0 Å². The lowest BCUT2D eigenvalue weighted by Crippen LogP contribution is -2.02. The molecule has 0 aromatic heterocycles. The minimum Gasteiger partial charge on any atom is -0.418 e. The number of benzene rings is 1. The average molecular weight is 238 g/mol. The Morgan fingerprint density at radius 2 is 1.62 bits per heavy atom. The van der Waals surface area contributed by atoms with E-state index in [1.54, 1.807) is 0 Å². The highest BCUT2D eigenvalue weighted by Crippen LogP contribution is 2.16. The number of non-ortho nitro benzene ring substituents is 1. The number of hydrogen-bond donors (Lipinski definition) is 0. The highest BCUT2D eigenvalue weighted by molar-refractivity contribution is 6.50. The van der Waals surface area contributed by atoms with Crippen LogP contribution in [0.2, 0.25) is 0 Å². The number of nitro benzene ring substituents is 1. The van der Waals surface area contributed by atoms with Gasteiger partial charge in [0.2, 0.25) is 5.39 Å². The summed E-state index contributed by atoms with van der Waals surface area (Å²) >= 11 is 0. The van der Waals surface area contributed by atoms with Gasteiger partial charge in [-0.1, -0.05) is 0 Å². The first-order chi connectivity index (χ1) is 7.24. The zero-order valence-electron chi connectivity index (χ0n) is 8.56. The summed E-state index contributed by atoms with van der Waals surface area (Å²) in [7, 11) is -6.00. The topological polar surface area (TPSA) is 71.3 Å². The second-order valence-electron chi connectivity index (χ2n) is 2.37. The van der Waals surface area contributed by atoms with Gasteiger partial charge in [0.25, 0.3) is 5.69 Å². The van der Waals surface area contributed by atoms with Crippen LogP contribution in [0, 0.1) is 15.5 Å². The number of halogens is 4. The van der Waals surface area contributed by atoms with Crippen LogP contribution in [0.15, 0.2) is 24.3 Å². The number of nitrogens with zero attached hydrogens (tertiary/aromatic N) is 3. The summed E-state index contributed by atoms with van der Waals surface area (Å²) in [6.07, 6.45) is 0. The molecule has 1 rings (SSSR count). The SMILES string of the molecule is F[B-](F)(F)F.N#[N+]c1ccc([N+](=O)[O-])cc1.[H+]. The van der Waals surface area contributed by atoms with Gasteiger partial charge in [0.15, 0.2) is 4.98 Å². The summed E-state index contributed by atoms with van der Waals surface area (Å²) in [5, 5.41) is 18.3. The number of rotatable bonds is 1. The Hall–Kier alpha value is -2.18. The first-order valence-electron chi connectivity index (χ1n) is 3.71. The second-order valence-corrected chi connectivity index (χ2v) is 2.37. The van der Waals surface area contributed by atoms with Gasteiger partial charge < -0.3 is 17.3 Å². The van der Waals surface area contributed by atoms with Crippen molar-refractivity contribution in [3.05, 3.63) is 39.4 Å². The van der Waals surface area contributed by atoms with Crippen molar-refractivity contribution in [2.45, 2.75) is 0 Å². The molecular formula is C6H5BF4N3O2+. The quantitative estimate of drug-likeness (QED) is 0.247. The van der Waals surface area contributed by atoms with E-state index in [9.17, 15) is 27.4 Å². The Balaban J connectivity index is 0. The molecule has 0 fully saturated rings. The molecular weight excluding hydrogens is 233 g/mol. The van der Waals surface area contributed by atoms with E-state index in [4.69, 9.17) is 5.39 Å². The molecule has 0 atom stereocenters. The molecule has 86 valence electrons. The Labute approximate surface area is 88.1 Å². The Bertz CT molecular complexity index is 399. The molecule has 16 heavy (non-hydrogen) atoms. The van der Waals surface area contributed by atoms with Crippen LogP contribution < -0.4 is 0 Å². The lowest BCUT2D eigenvalue weighted by molar-refractivity contribution is -0.384. The van der Waals surface area contributed by atoms with Crippen molar-refractivity contribution in [1.29, 1.82) is 5.39 Å². The van der Waals surface area contributed by atoms with E-state index in [2.05, 4.69) is 4.98 Å². The van der Waals surface area contributed by atoms with Crippen LogP contribution in [0.5, 0.6) is 0 Å². The van der Waals surface area contributed by atoms with E-state index in [1.807, 2.05) is 0 Å². The summed E-state index contributed by atoms with van der Waals surface area (Å²) < 4.78 is 39.0. The first-order valence-corrected chi connectivity index (χ1v) is 3.71. The molecule has 0 amide bonds. The lowest BCUT2D eigenvalue weighted by atomic mass is 10.3. The fraction of sp³-hybridized carbons (Fsp3) is 0. The Kier molecular flexibility index (Phi) is 4.88. The molecule has 0 heterocycles. The largest absolute Gasteiger partial charge is 1.00 e. The normalized spacial score (nSPS) is 9.69. The van der Waals surface area contributed by atoms with Crippen LogP contribution in [0.25, 0.3) is 4.98 Å². The van der Waals surface area contributed by atoms with Gasteiger partial charge >= 0.3 is 14.4 Å². The molecule has 1 aromatic rings. The summed E-state index contributed by atoms with van der Waals surface area (Å²) in [5.41, 5.74) is 0.285. The molecule has 0 aliphatic heterocycles. The molecule has 0 spiro atoms. The third kappa shape index (κ3) is 7.25. The highest BCUT2D eigenvalue weighted by atomic mass is 19.5. The van der Waals surface area contributed by atoms with Crippen molar-refractivity contribution < 1.29 is 23.6 Å². The van der Waals surface area contributed by atoms with Crippen LogP contribution in [0.4, 0.5) is 28.6 Å². The maximum absolute atomic E-state index is 10.1. The minimum absolute atomic E-state index is 0. The van der Waals surface area contributed by atoms with E-state index in [0.29, 0.717) is 5.69 Å². The van der Waals surface area contributed by atoms with Crippen molar-refractivity contribution in [1.82, 2.24) is 0 Å². The monoisotopic (exact) mass is 238 g/mol. The van der Waals surface area contributed by atoms with Crippen molar-refractivity contribution in [3.63, 3.8) is 0 Å². The zero-order chi connectivity index (χ0) is 12.8. The Morgan fingerprint density at radius 1 is 1.25 bits per heavy atom. The molecule has 0 aliphatic rings. The van der Waals surface area contributed by atoms with Gasteiger partial charge in [0, 0.05) is 24.3 Å². The van der Waals surface area contributed by atoms with Gasteiger partial charge in [-0.3, -0.25) is 10.1 Å². The molecule has 5 nitrogen and oxygen atoms in total. The number of diazo groups is 1. The highest BCUT2D eigenvalue weighted by Gasteiger charge is 2.20. The van der Waals surface area contributed by atoms with Crippen molar-refractivity contribution >= 4 is 18.6 Å². The smallest absolute Gasteiger partial charge is 0.418 e. The van der Waals surface area contributed by atoms with E-state index in [-0.39, 0.29) is 7.11 Å². The van der Waals surface area contributed by atoms with E-state index in [1.165, 1.54) is 24.3 Å². The van der Waals surface area contributed by atoms with Crippen LogP contribution in [0.1, 0.15) is 1.43 Å². The fourth-order valence-corrected chi connectivity index (χ4v) is 0.641. The van der Waals surface area contributed by atoms with Gasteiger partial charge in [-0.15, -0.1) is 0 Å². The predicted molar refractivity (Wildman–Crippen MR) is 49.1 cm³/mol. The third-order valence-corrected chi connectivity index (χ3v) is 1.18. The van der Waals surface area contributed by atoms with E-state index in [0.717, 1.165) is 0 Å². The van der Waals surface area contributed by atoms with Crippen molar-refractivity contribution in [2.24, 2.45) is 0 Å². The third-order valence-electron chi connectivity index (χ3n) is 1.18. The predicted octanol–water partition coefficient (Wildman–Crippen LogP) is 3.49. The maximum atomic E-state index is 10.1. The molecule has 0 unspecified atom stereocenters. The van der Waals surface area contributed by atoms with Gasteiger partial charge in [-0.25, -0.2) is 0 Å². The van der Waals surface area contributed by atoms with Crippen LogP contribution >= 0.6 is 0 Å². The molecule has 0 saturated carbocycles. The molecule has 0 saturated heterocycles. The Morgan fingerprint density at radius 3 is 1.88 bits per heavy atom. The second kappa shape index (κ2) is 5.64. The van der Waals surface area contributed by atoms with Gasteiger partial charge in [-0.2, -0.15) is 0 Å². The average Bonchev–Trinajstić information content (AvgIpc) is 2.15. The van der Waals surface area contributed by atoms with Crippen molar-refractivity contribution in [3.8, 4) is 0 Å². The lowest BCUT2D eigenvalue weighted by Gasteiger charge is -1.94.